The Bertz CT molecular complexity index is 341. The Morgan fingerprint density at radius 3 is 1.42 bits per heavy atom. The van der Waals surface area contributed by atoms with Gasteiger partial charge in [0.25, 0.3) is 0 Å². The maximum Gasteiger partial charge on any atom is 0.306 e. The molecule has 2 fully saturated rings. The van der Waals surface area contributed by atoms with Crippen LogP contribution in [0.15, 0.2) is 0 Å². The van der Waals surface area contributed by atoms with E-state index in [1.165, 1.54) is 38.5 Å². The van der Waals surface area contributed by atoms with Crippen molar-refractivity contribution in [1.29, 1.82) is 0 Å². The van der Waals surface area contributed by atoms with Crippen LogP contribution < -0.4 is 0 Å². The van der Waals surface area contributed by atoms with Crippen molar-refractivity contribution in [3.63, 3.8) is 0 Å². The predicted molar refractivity (Wildman–Crippen MR) is 100 cm³/mol. The van der Waals surface area contributed by atoms with Gasteiger partial charge >= 0.3 is 11.9 Å². The molecule has 0 amide bonds. The topological polar surface area (TPSA) is 52.6 Å². The number of hydrogen-bond donors (Lipinski definition) is 0. The zero-order chi connectivity index (χ0) is 17.0. The van der Waals surface area contributed by atoms with Crippen molar-refractivity contribution in [2.24, 2.45) is 0 Å². The highest BCUT2D eigenvalue weighted by atomic mass is 33.1. The molecule has 2 saturated carbocycles. The summed E-state index contributed by atoms with van der Waals surface area (Å²) in [4.78, 5) is 23.5. The molecule has 138 valence electrons. The van der Waals surface area contributed by atoms with E-state index >= 15 is 0 Å². The molecule has 4 nitrogen and oxygen atoms in total. The molecule has 0 bridgehead atoms. The SMILES string of the molecule is O=C(CCSSCCC(=O)OC1CCCCC1)OC1CCCCC1. The smallest absolute Gasteiger partial charge is 0.306 e. The second-order valence-electron chi connectivity index (χ2n) is 6.64. The molecule has 6 heteroatoms. The van der Waals surface area contributed by atoms with E-state index < -0.39 is 0 Å². The number of esters is 2. The van der Waals surface area contributed by atoms with E-state index in [4.69, 9.17) is 9.47 Å². The maximum absolute atomic E-state index is 11.8. The van der Waals surface area contributed by atoms with Crippen LogP contribution in [-0.4, -0.2) is 35.7 Å². The van der Waals surface area contributed by atoms with E-state index in [9.17, 15) is 9.59 Å². The first-order valence-corrected chi connectivity index (χ1v) is 11.9. The van der Waals surface area contributed by atoms with Crippen molar-refractivity contribution < 1.29 is 19.1 Å². The second kappa shape index (κ2) is 12.1. The molecule has 0 N–H and O–H groups in total. The number of carbonyl (C=O) groups is 2. The van der Waals surface area contributed by atoms with Gasteiger partial charge in [-0.3, -0.25) is 9.59 Å². The molecular weight excluding hydrogens is 344 g/mol. The van der Waals surface area contributed by atoms with Crippen molar-refractivity contribution in [2.75, 3.05) is 11.5 Å². The molecule has 2 rings (SSSR count). The molecule has 2 aliphatic carbocycles. The molecule has 0 aromatic carbocycles. The van der Waals surface area contributed by atoms with Gasteiger partial charge in [-0.05, 0) is 51.4 Å². The molecule has 0 spiro atoms. The first kappa shape index (κ1) is 20.0. The molecule has 2 aliphatic rings. The fraction of sp³-hybridized carbons (Fsp3) is 0.889. The largest absolute Gasteiger partial charge is 0.462 e. The van der Waals surface area contributed by atoms with Gasteiger partial charge in [-0.2, -0.15) is 0 Å². The lowest BCUT2D eigenvalue weighted by molar-refractivity contribution is -0.150. The average Bonchev–Trinajstić information content (AvgIpc) is 2.60. The first-order chi connectivity index (χ1) is 11.7. The molecule has 0 aromatic rings. The molecule has 0 radical (unpaired) electrons. The van der Waals surface area contributed by atoms with E-state index in [-0.39, 0.29) is 24.1 Å². The van der Waals surface area contributed by atoms with Gasteiger partial charge in [0.15, 0.2) is 0 Å². The van der Waals surface area contributed by atoms with Crippen molar-refractivity contribution in [3.8, 4) is 0 Å². The van der Waals surface area contributed by atoms with Crippen LogP contribution in [0.4, 0.5) is 0 Å². The lowest BCUT2D eigenvalue weighted by Gasteiger charge is -2.21. The summed E-state index contributed by atoms with van der Waals surface area (Å²) >= 11 is 0. The molecule has 0 aromatic heterocycles. The van der Waals surface area contributed by atoms with Crippen molar-refractivity contribution >= 4 is 33.5 Å². The summed E-state index contributed by atoms with van der Waals surface area (Å²) in [7, 11) is 3.28. The lowest BCUT2D eigenvalue weighted by Crippen LogP contribution is -2.21. The van der Waals surface area contributed by atoms with Gasteiger partial charge in [0.05, 0.1) is 12.8 Å². The van der Waals surface area contributed by atoms with Gasteiger partial charge in [-0.15, -0.1) is 0 Å². The second-order valence-corrected chi connectivity index (χ2v) is 9.35. The summed E-state index contributed by atoms with van der Waals surface area (Å²) in [6.45, 7) is 0. The van der Waals surface area contributed by atoms with E-state index in [1.807, 2.05) is 0 Å². The summed E-state index contributed by atoms with van der Waals surface area (Å²) in [5.74, 6) is 1.33. The third-order valence-corrected chi connectivity index (χ3v) is 6.97. The Labute approximate surface area is 153 Å². The molecule has 24 heavy (non-hydrogen) atoms. The number of carbonyl (C=O) groups excluding carboxylic acids is 2. The number of ether oxygens (including phenoxy) is 2. The van der Waals surface area contributed by atoms with Crippen LogP contribution in [0.3, 0.4) is 0 Å². The van der Waals surface area contributed by atoms with Crippen LogP contribution in [-0.2, 0) is 19.1 Å². The van der Waals surface area contributed by atoms with Crippen LogP contribution in [0.1, 0.15) is 77.0 Å². The standard InChI is InChI=1S/C18H30O4S2/c19-17(21-15-7-3-1-4-8-15)11-13-23-24-14-12-18(20)22-16-9-5-2-6-10-16/h15-16H,1-14H2. The van der Waals surface area contributed by atoms with E-state index in [2.05, 4.69) is 0 Å². The van der Waals surface area contributed by atoms with Crippen LogP contribution in [0.25, 0.3) is 0 Å². The van der Waals surface area contributed by atoms with Gasteiger partial charge in [-0.25, -0.2) is 0 Å². The highest BCUT2D eigenvalue weighted by Crippen LogP contribution is 2.25. The lowest BCUT2D eigenvalue weighted by atomic mass is 9.98. The predicted octanol–water partition coefficient (Wildman–Crippen LogP) is 4.90. The van der Waals surface area contributed by atoms with Gasteiger partial charge in [-0.1, -0.05) is 34.4 Å². The summed E-state index contributed by atoms with van der Waals surface area (Å²) in [5, 5.41) is 0. The third-order valence-electron chi connectivity index (χ3n) is 4.56. The third kappa shape index (κ3) is 8.65. The normalized spacial score (nSPS) is 19.8. The summed E-state index contributed by atoms with van der Waals surface area (Å²) < 4.78 is 11.0. The summed E-state index contributed by atoms with van der Waals surface area (Å²) in [6.07, 6.45) is 12.6. The highest BCUT2D eigenvalue weighted by Gasteiger charge is 2.18. The Balaban J connectivity index is 1.41. The van der Waals surface area contributed by atoms with Gasteiger partial charge < -0.3 is 9.47 Å². The van der Waals surface area contributed by atoms with Crippen molar-refractivity contribution in [2.45, 2.75) is 89.3 Å². The Morgan fingerprint density at radius 2 is 1.04 bits per heavy atom. The maximum atomic E-state index is 11.8. The molecule has 0 atom stereocenters. The average molecular weight is 375 g/mol. The number of rotatable bonds is 9. The van der Waals surface area contributed by atoms with Crippen LogP contribution >= 0.6 is 21.6 Å². The van der Waals surface area contributed by atoms with Gasteiger partial charge in [0, 0.05) is 11.5 Å². The van der Waals surface area contributed by atoms with Crippen molar-refractivity contribution in [3.05, 3.63) is 0 Å². The Kier molecular flexibility index (Phi) is 10.0. The zero-order valence-corrected chi connectivity index (χ0v) is 16.1. The van der Waals surface area contributed by atoms with Gasteiger partial charge in [0.2, 0.25) is 0 Å². The molecular formula is C18H30O4S2. The minimum atomic E-state index is -0.0771. The van der Waals surface area contributed by atoms with Crippen molar-refractivity contribution in [1.82, 2.24) is 0 Å². The zero-order valence-electron chi connectivity index (χ0n) is 14.5. The molecule has 0 saturated heterocycles. The Morgan fingerprint density at radius 1 is 0.667 bits per heavy atom. The van der Waals surface area contributed by atoms with E-state index in [1.54, 1.807) is 21.6 Å². The van der Waals surface area contributed by atoms with Crippen LogP contribution in [0, 0.1) is 0 Å². The van der Waals surface area contributed by atoms with Crippen LogP contribution in [0.5, 0.6) is 0 Å². The molecule has 0 unspecified atom stereocenters. The minimum absolute atomic E-state index is 0.0771. The van der Waals surface area contributed by atoms with Gasteiger partial charge in [0.1, 0.15) is 12.2 Å². The summed E-state index contributed by atoms with van der Waals surface area (Å²) in [5.41, 5.74) is 0. The minimum Gasteiger partial charge on any atom is -0.462 e. The fourth-order valence-electron chi connectivity index (χ4n) is 3.22. The first-order valence-electron chi connectivity index (χ1n) is 9.37. The molecule has 0 heterocycles. The Hall–Kier alpha value is -0.360. The highest BCUT2D eigenvalue weighted by molar-refractivity contribution is 8.76. The van der Waals surface area contributed by atoms with Crippen LogP contribution in [0.2, 0.25) is 0 Å². The quantitative estimate of drug-likeness (QED) is 0.325. The molecule has 0 aliphatic heterocycles. The number of hydrogen-bond acceptors (Lipinski definition) is 6. The van der Waals surface area contributed by atoms with E-state index in [0.717, 1.165) is 37.2 Å². The monoisotopic (exact) mass is 374 g/mol. The van der Waals surface area contributed by atoms with E-state index in [0.29, 0.717) is 12.8 Å². The summed E-state index contributed by atoms with van der Waals surface area (Å²) in [6, 6.07) is 0. The fourth-order valence-corrected chi connectivity index (χ4v) is 5.17.